The molecule has 0 heterocycles. The second-order valence-electron chi connectivity index (χ2n) is 4.94. The Hall–Kier alpha value is -0.120. The first-order chi connectivity index (χ1) is 6.51. The van der Waals surface area contributed by atoms with Gasteiger partial charge in [-0.2, -0.15) is 0 Å². The second-order valence-corrected chi connectivity index (χ2v) is 4.94. The standard InChI is InChI=1S/C11H24N2O/c1-4-14-10-7-9(8-10)13-6-5-11(2,3)12/h9-10,13H,4-8,12H2,1-3H3. The SMILES string of the molecule is CCOC1CC(NCCC(C)(C)N)C1. The minimum Gasteiger partial charge on any atom is -0.378 e. The molecule has 1 rings (SSSR count). The number of nitrogens with one attached hydrogen (secondary N) is 1. The summed E-state index contributed by atoms with van der Waals surface area (Å²) >= 11 is 0. The monoisotopic (exact) mass is 200 g/mol. The lowest BCUT2D eigenvalue weighted by atomic mass is 9.89. The maximum atomic E-state index is 5.89. The minimum absolute atomic E-state index is 0.0456. The number of hydrogen-bond donors (Lipinski definition) is 2. The lowest BCUT2D eigenvalue weighted by molar-refractivity contribution is -0.00994. The molecule has 0 unspecified atom stereocenters. The summed E-state index contributed by atoms with van der Waals surface area (Å²) in [5.74, 6) is 0. The Balaban J connectivity index is 1.96. The normalized spacial score (nSPS) is 27.4. The van der Waals surface area contributed by atoms with Crippen LogP contribution in [0.3, 0.4) is 0 Å². The quantitative estimate of drug-likeness (QED) is 0.679. The highest BCUT2D eigenvalue weighted by Crippen LogP contribution is 2.23. The first-order valence-corrected chi connectivity index (χ1v) is 5.65. The Labute approximate surface area is 87.4 Å². The molecule has 14 heavy (non-hydrogen) atoms. The maximum Gasteiger partial charge on any atom is 0.0604 e. The third-order valence-corrected chi connectivity index (χ3v) is 2.70. The van der Waals surface area contributed by atoms with Gasteiger partial charge in [-0.15, -0.1) is 0 Å². The van der Waals surface area contributed by atoms with Crippen LogP contribution >= 0.6 is 0 Å². The van der Waals surface area contributed by atoms with Crippen LogP contribution in [0.15, 0.2) is 0 Å². The van der Waals surface area contributed by atoms with E-state index >= 15 is 0 Å². The highest BCUT2D eigenvalue weighted by atomic mass is 16.5. The van der Waals surface area contributed by atoms with Crippen molar-refractivity contribution >= 4 is 0 Å². The Kier molecular flexibility index (Phi) is 4.35. The van der Waals surface area contributed by atoms with Gasteiger partial charge in [0.2, 0.25) is 0 Å². The van der Waals surface area contributed by atoms with Gasteiger partial charge in [0.1, 0.15) is 0 Å². The van der Waals surface area contributed by atoms with E-state index in [1.54, 1.807) is 0 Å². The predicted molar refractivity (Wildman–Crippen MR) is 59.3 cm³/mol. The van der Waals surface area contributed by atoms with Gasteiger partial charge >= 0.3 is 0 Å². The van der Waals surface area contributed by atoms with Crippen LogP contribution in [0.4, 0.5) is 0 Å². The minimum atomic E-state index is -0.0456. The van der Waals surface area contributed by atoms with Gasteiger partial charge in [-0.1, -0.05) is 0 Å². The fourth-order valence-electron chi connectivity index (χ4n) is 1.70. The van der Waals surface area contributed by atoms with Crippen LogP contribution in [0.2, 0.25) is 0 Å². The zero-order chi connectivity index (χ0) is 10.6. The van der Waals surface area contributed by atoms with Gasteiger partial charge in [-0.25, -0.2) is 0 Å². The average Bonchev–Trinajstić information content (AvgIpc) is 1.97. The highest BCUT2D eigenvalue weighted by Gasteiger charge is 2.28. The lowest BCUT2D eigenvalue weighted by Gasteiger charge is -2.36. The van der Waals surface area contributed by atoms with E-state index in [1.165, 1.54) is 12.8 Å². The number of nitrogens with two attached hydrogens (primary N) is 1. The Morgan fingerprint density at radius 3 is 2.57 bits per heavy atom. The summed E-state index contributed by atoms with van der Waals surface area (Å²) in [6, 6.07) is 0.661. The van der Waals surface area contributed by atoms with E-state index in [9.17, 15) is 0 Å². The van der Waals surface area contributed by atoms with Gasteiger partial charge in [0, 0.05) is 18.2 Å². The summed E-state index contributed by atoms with van der Waals surface area (Å²) in [5.41, 5.74) is 5.85. The molecule has 0 radical (unpaired) electrons. The molecule has 84 valence electrons. The average molecular weight is 200 g/mol. The van der Waals surface area contributed by atoms with Crippen LogP contribution in [0, 0.1) is 0 Å². The van der Waals surface area contributed by atoms with Crippen LogP contribution < -0.4 is 11.1 Å². The van der Waals surface area contributed by atoms with Crippen molar-refractivity contribution < 1.29 is 4.74 Å². The van der Waals surface area contributed by atoms with Gasteiger partial charge in [0.15, 0.2) is 0 Å². The van der Waals surface area contributed by atoms with Crippen molar-refractivity contribution in [3.05, 3.63) is 0 Å². The van der Waals surface area contributed by atoms with Crippen LogP contribution in [0.5, 0.6) is 0 Å². The molecule has 0 saturated heterocycles. The first-order valence-electron chi connectivity index (χ1n) is 5.65. The van der Waals surface area contributed by atoms with Gasteiger partial charge in [-0.3, -0.25) is 0 Å². The fourth-order valence-corrected chi connectivity index (χ4v) is 1.70. The van der Waals surface area contributed by atoms with E-state index in [2.05, 4.69) is 26.1 Å². The highest BCUT2D eigenvalue weighted by molar-refractivity contribution is 4.86. The summed E-state index contributed by atoms with van der Waals surface area (Å²) in [4.78, 5) is 0. The molecule has 0 aromatic carbocycles. The summed E-state index contributed by atoms with van der Waals surface area (Å²) in [5, 5.41) is 3.50. The maximum absolute atomic E-state index is 5.89. The van der Waals surface area contributed by atoms with E-state index in [1.807, 2.05) is 0 Å². The van der Waals surface area contributed by atoms with Crippen LogP contribution in [0.1, 0.15) is 40.0 Å². The number of hydrogen-bond acceptors (Lipinski definition) is 3. The van der Waals surface area contributed by atoms with Gasteiger partial charge in [0.25, 0.3) is 0 Å². The Morgan fingerprint density at radius 2 is 2.07 bits per heavy atom. The van der Waals surface area contributed by atoms with Crippen molar-refractivity contribution in [1.29, 1.82) is 0 Å². The molecule has 3 N–H and O–H groups in total. The lowest BCUT2D eigenvalue weighted by Crippen LogP contribution is -2.47. The van der Waals surface area contributed by atoms with Crippen molar-refractivity contribution in [2.75, 3.05) is 13.2 Å². The first kappa shape index (κ1) is 12.0. The van der Waals surface area contributed by atoms with Crippen molar-refractivity contribution in [2.45, 2.75) is 57.7 Å². The molecule has 3 nitrogen and oxygen atoms in total. The molecule has 0 aliphatic heterocycles. The predicted octanol–water partition coefficient (Wildman–Crippen LogP) is 1.27. The molecule has 0 spiro atoms. The zero-order valence-corrected chi connectivity index (χ0v) is 9.68. The van der Waals surface area contributed by atoms with E-state index in [4.69, 9.17) is 10.5 Å². The van der Waals surface area contributed by atoms with E-state index < -0.39 is 0 Å². The topological polar surface area (TPSA) is 47.3 Å². The fraction of sp³-hybridized carbons (Fsp3) is 1.00. The molecule has 3 heteroatoms. The van der Waals surface area contributed by atoms with Crippen molar-refractivity contribution in [3.8, 4) is 0 Å². The van der Waals surface area contributed by atoms with E-state index in [0.717, 1.165) is 19.6 Å². The Morgan fingerprint density at radius 1 is 1.43 bits per heavy atom. The van der Waals surface area contributed by atoms with E-state index in [-0.39, 0.29) is 5.54 Å². The third kappa shape index (κ3) is 4.40. The van der Waals surface area contributed by atoms with Gasteiger partial charge in [0.05, 0.1) is 6.10 Å². The van der Waals surface area contributed by atoms with Crippen LogP contribution in [-0.2, 0) is 4.74 Å². The molecule has 0 aromatic heterocycles. The molecule has 0 aromatic rings. The molecule has 0 bridgehead atoms. The zero-order valence-electron chi connectivity index (χ0n) is 9.68. The molecule has 1 aliphatic rings. The molecule has 1 fully saturated rings. The summed E-state index contributed by atoms with van der Waals surface area (Å²) in [6.07, 6.45) is 3.86. The smallest absolute Gasteiger partial charge is 0.0604 e. The molecule has 0 amide bonds. The molecular formula is C11H24N2O. The molecule has 1 saturated carbocycles. The molecule has 0 atom stereocenters. The van der Waals surface area contributed by atoms with Crippen molar-refractivity contribution in [1.82, 2.24) is 5.32 Å². The number of ether oxygens (including phenoxy) is 1. The summed E-state index contributed by atoms with van der Waals surface area (Å²) < 4.78 is 5.49. The van der Waals surface area contributed by atoms with Crippen LogP contribution in [0.25, 0.3) is 0 Å². The molecular weight excluding hydrogens is 176 g/mol. The third-order valence-electron chi connectivity index (χ3n) is 2.70. The van der Waals surface area contributed by atoms with E-state index in [0.29, 0.717) is 12.1 Å². The van der Waals surface area contributed by atoms with Gasteiger partial charge < -0.3 is 15.8 Å². The molecule has 1 aliphatic carbocycles. The second kappa shape index (κ2) is 5.10. The number of rotatable bonds is 6. The largest absolute Gasteiger partial charge is 0.378 e. The van der Waals surface area contributed by atoms with Crippen molar-refractivity contribution in [2.24, 2.45) is 5.73 Å². The summed E-state index contributed by atoms with van der Waals surface area (Å²) in [7, 11) is 0. The van der Waals surface area contributed by atoms with Gasteiger partial charge in [-0.05, 0) is 46.6 Å². The summed E-state index contributed by atoms with van der Waals surface area (Å²) in [6.45, 7) is 8.05. The van der Waals surface area contributed by atoms with Crippen LogP contribution in [-0.4, -0.2) is 30.8 Å². The Bertz CT molecular complexity index is 159. The van der Waals surface area contributed by atoms with Crippen molar-refractivity contribution in [3.63, 3.8) is 0 Å².